The molecule has 0 atom stereocenters. The lowest BCUT2D eigenvalue weighted by Crippen LogP contribution is -2.18. The third-order valence-electron chi connectivity index (χ3n) is 1.99. The van der Waals surface area contributed by atoms with Crippen LogP contribution in [0.3, 0.4) is 0 Å². The van der Waals surface area contributed by atoms with Gasteiger partial charge < -0.3 is 14.6 Å². The number of esters is 1. The second kappa shape index (κ2) is 6.09. The molecule has 0 aliphatic carbocycles. The first kappa shape index (κ1) is 15.5. The molecule has 0 saturated carbocycles. The molecule has 0 unspecified atom stereocenters. The fourth-order valence-electron chi connectivity index (χ4n) is 1.23. The lowest BCUT2D eigenvalue weighted by atomic mass is 10.2. The molecule has 1 aromatic heterocycles. The maximum Gasteiger partial charge on any atom is 0.573 e. The Balaban J connectivity index is 3.14. The number of aromatic hydroxyl groups is 1. The lowest BCUT2D eigenvalue weighted by molar-refractivity contribution is -0.275. The summed E-state index contributed by atoms with van der Waals surface area (Å²) in [7, 11) is 1.14. The summed E-state index contributed by atoms with van der Waals surface area (Å²) >= 11 is 2.96. The number of aromatic nitrogens is 1. The van der Waals surface area contributed by atoms with Crippen molar-refractivity contribution in [2.45, 2.75) is 18.1 Å². The SMILES string of the molecule is COC(=O)Cc1cc(OC(F)(F)F)c(O)c(CBr)n1. The van der Waals surface area contributed by atoms with Crippen molar-refractivity contribution in [3.8, 4) is 11.5 Å². The minimum absolute atomic E-state index is 0.00153. The van der Waals surface area contributed by atoms with E-state index in [4.69, 9.17) is 0 Å². The number of hydrogen-bond donors (Lipinski definition) is 1. The maximum absolute atomic E-state index is 12.2. The predicted octanol–water partition coefficient (Wildman–Crippen LogP) is 2.30. The first-order valence-corrected chi connectivity index (χ1v) is 5.99. The normalized spacial score (nSPS) is 11.2. The lowest BCUT2D eigenvalue weighted by Gasteiger charge is -2.13. The molecule has 5 nitrogen and oxygen atoms in total. The van der Waals surface area contributed by atoms with Gasteiger partial charge in [0.25, 0.3) is 0 Å². The summed E-state index contributed by atoms with van der Waals surface area (Å²) < 4.78 is 44.5. The number of carbonyl (C=O) groups excluding carboxylic acids is 1. The molecule has 0 amide bonds. The van der Waals surface area contributed by atoms with Gasteiger partial charge in [-0.15, -0.1) is 13.2 Å². The molecule has 0 aromatic carbocycles. The Morgan fingerprint density at radius 1 is 1.53 bits per heavy atom. The smallest absolute Gasteiger partial charge is 0.503 e. The highest BCUT2D eigenvalue weighted by Gasteiger charge is 2.33. The Bertz CT molecular complexity index is 479. The summed E-state index contributed by atoms with van der Waals surface area (Å²) in [6.45, 7) is 0. The number of halogens is 4. The number of carbonyl (C=O) groups is 1. The van der Waals surface area contributed by atoms with Crippen molar-refractivity contribution in [1.29, 1.82) is 0 Å². The number of alkyl halides is 4. The zero-order valence-electron chi connectivity index (χ0n) is 9.62. The molecule has 1 N–H and O–H groups in total. The summed E-state index contributed by atoms with van der Waals surface area (Å²) in [5.74, 6) is -2.21. The van der Waals surface area contributed by atoms with Crippen LogP contribution in [0.25, 0.3) is 0 Å². The van der Waals surface area contributed by atoms with Gasteiger partial charge in [0, 0.05) is 11.4 Å². The van der Waals surface area contributed by atoms with Gasteiger partial charge in [0.15, 0.2) is 11.5 Å². The first-order chi connectivity index (χ1) is 8.76. The standard InChI is InChI=1S/C10H9BrF3NO4/c1-18-8(16)3-5-2-7(19-10(12,13)14)9(17)6(4-11)15-5/h2,17H,3-4H2,1H3. The minimum Gasteiger partial charge on any atom is -0.503 e. The zero-order chi connectivity index (χ0) is 14.6. The van der Waals surface area contributed by atoms with E-state index in [-0.39, 0.29) is 23.1 Å². The molecule has 0 radical (unpaired) electrons. The summed E-state index contributed by atoms with van der Waals surface area (Å²) in [6, 6.07) is 0.839. The van der Waals surface area contributed by atoms with E-state index in [0.717, 1.165) is 13.2 Å². The largest absolute Gasteiger partial charge is 0.573 e. The van der Waals surface area contributed by atoms with Gasteiger partial charge in [-0.2, -0.15) is 0 Å². The van der Waals surface area contributed by atoms with Gasteiger partial charge in [-0.25, -0.2) is 0 Å². The van der Waals surface area contributed by atoms with E-state index in [1.807, 2.05) is 0 Å². The maximum atomic E-state index is 12.2. The average molecular weight is 344 g/mol. The Kier molecular flexibility index (Phi) is 4.98. The van der Waals surface area contributed by atoms with Crippen molar-refractivity contribution >= 4 is 21.9 Å². The third kappa shape index (κ3) is 4.58. The molecule has 9 heteroatoms. The monoisotopic (exact) mass is 343 g/mol. The number of hydrogen-bond acceptors (Lipinski definition) is 5. The van der Waals surface area contributed by atoms with Gasteiger partial charge in [0.1, 0.15) is 0 Å². The second-order valence-corrected chi connectivity index (χ2v) is 3.90. The van der Waals surface area contributed by atoms with E-state index in [2.05, 4.69) is 30.4 Å². The fraction of sp³-hybridized carbons (Fsp3) is 0.400. The van der Waals surface area contributed by atoms with Crippen LogP contribution >= 0.6 is 15.9 Å². The highest BCUT2D eigenvalue weighted by Crippen LogP contribution is 2.35. The van der Waals surface area contributed by atoms with Crippen LogP contribution in [-0.4, -0.2) is 29.5 Å². The van der Waals surface area contributed by atoms with Crippen LogP contribution in [0.5, 0.6) is 11.5 Å². The zero-order valence-corrected chi connectivity index (χ0v) is 11.2. The van der Waals surface area contributed by atoms with Gasteiger partial charge in [0.2, 0.25) is 0 Å². The summed E-state index contributed by atoms with van der Waals surface area (Å²) in [5, 5.41) is 9.54. The number of ether oxygens (including phenoxy) is 2. The third-order valence-corrected chi connectivity index (χ3v) is 2.52. The van der Waals surface area contributed by atoms with Crippen molar-refractivity contribution in [3.63, 3.8) is 0 Å². The molecule has 0 aliphatic rings. The van der Waals surface area contributed by atoms with E-state index < -0.39 is 23.8 Å². The Morgan fingerprint density at radius 2 is 2.16 bits per heavy atom. The number of methoxy groups -OCH3 is 1. The highest BCUT2D eigenvalue weighted by molar-refractivity contribution is 9.08. The molecule has 0 bridgehead atoms. The molecule has 1 rings (SSSR count). The van der Waals surface area contributed by atoms with E-state index in [0.29, 0.717) is 0 Å². The molecule has 0 fully saturated rings. The van der Waals surface area contributed by atoms with Gasteiger partial charge in [-0.3, -0.25) is 9.78 Å². The van der Waals surface area contributed by atoms with Gasteiger partial charge in [-0.1, -0.05) is 15.9 Å². The Labute approximate surface area is 114 Å². The molecule has 1 aromatic rings. The number of nitrogens with zero attached hydrogens (tertiary/aromatic N) is 1. The van der Waals surface area contributed by atoms with E-state index >= 15 is 0 Å². The highest BCUT2D eigenvalue weighted by atomic mass is 79.9. The van der Waals surface area contributed by atoms with Crippen LogP contribution in [-0.2, 0) is 21.3 Å². The van der Waals surface area contributed by atoms with Crippen molar-refractivity contribution in [2.24, 2.45) is 0 Å². The van der Waals surface area contributed by atoms with Gasteiger partial charge >= 0.3 is 12.3 Å². The van der Waals surface area contributed by atoms with Crippen molar-refractivity contribution < 1.29 is 32.5 Å². The van der Waals surface area contributed by atoms with E-state index in [1.54, 1.807) is 0 Å². The average Bonchev–Trinajstić information content (AvgIpc) is 2.31. The summed E-state index contributed by atoms with van der Waals surface area (Å²) in [6.07, 6.45) is -5.28. The first-order valence-electron chi connectivity index (χ1n) is 4.87. The van der Waals surface area contributed by atoms with Crippen LogP contribution in [0.4, 0.5) is 13.2 Å². The van der Waals surface area contributed by atoms with Crippen molar-refractivity contribution in [3.05, 3.63) is 17.5 Å². The fourth-order valence-corrected chi connectivity index (χ4v) is 1.62. The number of pyridine rings is 1. The molecular formula is C10H9BrF3NO4. The van der Waals surface area contributed by atoms with Gasteiger partial charge in [-0.05, 0) is 0 Å². The van der Waals surface area contributed by atoms with Crippen LogP contribution in [0.15, 0.2) is 6.07 Å². The molecule has 0 spiro atoms. The Hall–Kier alpha value is -1.51. The van der Waals surface area contributed by atoms with Crippen molar-refractivity contribution in [1.82, 2.24) is 4.98 Å². The molecule has 1 heterocycles. The Morgan fingerprint density at radius 3 is 2.63 bits per heavy atom. The molecule has 0 aliphatic heterocycles. The quantitative estimate of drug-likeness (QED) is 0.671. The van der Waals surface area contributed by atoms with Crippen LogP contribution in [0, 0.1) is 0 Å². The van der Waals surface area contributed by atoms with Crippen LogP contribution in [0.2, 0.25) is 0 Å². The molecule has 0 saturated heterocycles. The van der Waals surface area contributed by atoms with Gasteiger partial charge in [0.05, 0.1) is 24.9 Å². The molecule has 106 valence electrons. The predicted molar refractivity (Wildman–Crippen MR) is 60.9 cm³/mol. The van der Waals surface area contributed by atoms with Crippen molar-refractivity contribution in [2.75, 3.05) is 7.11 Å². The summed E-state index contributed by atoms with van der Waals surface area (Å²) in [4.78, 5) is 14.9. The van der Waals surface area contributed by atoms with Crippen LogP contribution < -0.4 is 4.74 Å². The molecular weight excluding hydrogens is 335 g/mol. The topological polar surface area (TPSA) is 68.7 Å². The van der Waals surface area contributed by atoms with E-state index in [9.17, 15) is 23.1 Å². The summed E-state index contributed by atoms with van der Waals surface area (Å²) in [5.41, 5.74) is -0.0704. The second-order valence-electron chi connectivity index (χ2n) is 3.34. The molecule has 19 heavy (non-hydrogen) atoms. The van der Waals surface area contributed by atoms with E-state index in [1.165, 1.54) is 0 Å². The minimum atomic E-state index is -4.95. The van der Waals surface area contributed by atoms with Crippen LogP contribution in [0.1, 0.15) is 11.4 Å². The number of rotatable bonds is 4.